The van der Waals surface area contributed by atoms with Gasteiger partial charge in [-0.2, -0.15) is 0 Å². The van der Waals surface area contributed by atoms with Gasteiger partial charge in [-0.1, -0.05) is 30.7 Å². The molecule has 0 aliphatic carbocycles. The number of hydrogen-bond donors (Lipinski definition) is 1. The molecule has 2 aromatic carbocycles. The fourth-order valence-corrected chi connectivity index (χ4v) is 3.01. The Balaban J connectivity index is 2.01. The summed E-state index contributed by atoms with van der Waals surface area (Å²) >= 11 is 6.07. The lowest BCUT2D eigenvalue weighted by atomic mass is 10.0. The lowest BCUT2D eigenvalue weighted by molar-refractivity contribution is 0.0683. The number of benzene rings is 2. The van der Waals surface area contributed by atoms with Crippen molar-refractivity contribution in [2.24, 2.45) is 0 Å². The number of amides is 1. The average Bonchev–Trinajstić information content (AvgIpc) is 2.57. The summed E-state index contributed by atoms with van der Waals surface area (Å²) in [4.78, 5) is 14.7. The number of hydrogen-bond acceptors (Lipinski definition) is 3. The third kappa shape index (κ3) is 2.99. The van der Waals surface area contributed by atoms with E-state index in [-0.39, 0.29) is 12.1 Å². The first kappa shape index (κ1) is 15.7. The summed E-state index contributed by atoms with van der Waals surface area (Å²) in [6, 6.07) is 13.1. The number of anilines is 1. The summed E-state index contributed by atoms with van der Waals surface area (Å²) in [7, 11) is 1.64. The van der Waals surface area contributed by atoms with Crippen LogP contribution in [0.2, 0.25) is 5.02 Å². The number of fused-ring (bicyclic) bond motifs is 1. The van der Waals surface area contributed by atoms with E-state index in [0.717, 1.165) is 23.4 Å². The molecular weight excluding hydrogens is 312 g/mol. The summed E-state index contributed by atoms with van der Waals surface area (Å²) in [5.41, 5.74) is 2.45. The van der Waals surface area contributed by atoms with Crippen LogP contribution in [0.5, 0.6) is 5.75 Å². The molecule has 0 aromatic heterocycles. The third-order valence-corrected chi connectivity index (χ3v) is 4.21. The van der Waals surface area contributed by atoms with Gasteiger partial charge < -0.3 is 15.0 Å². The zero-order valence-electron chi connectivity index (χ0n) is 13.2. The van der Waals surface area contributed by atoms with Gasteiger partial charge in [0.1, 0.15) is 11.9 Å². The van der Waals surface area contributed by atoms with Crippen LogP contribution in [0.4, 0.5) is 5.69 Å². The fourth-order valence-electron chi connectivity index (χ4n) is 2.84. The molecule has 1 aliphatic heterocycles. The van der Waals surface area contributed by atoms with Crippen LogP contribution in [0, 0.1) is 0 Å². The van der Waals surface area contributed by atoms with Gasteiger partial charge in [0.2, 0.25) is 0 Å². The second kappa shape index (κ2) is 6.50. The molecule has 2 aromatic rings. The molecule has 1 heterocycles. The molecule has 1 unspecified atom stereocenters. The maximum atomic E-state index is 12.8. The van der Waals surface area contributed by atoms with Gasteiger partial charge in [0, 0.05) is 11.6 Å². The second-order valence-electron chi connectivity index (χ2n) is 5.51. The smallest absolute Gasteiger partial charge is 0.257 e. The first-order valence-corrected chi connectivity index (χ1v) is 8.03. The highest BCUT2D eigenvalue weighted by molar-refractivity contribution is 6.31. The Bertz CT molecular complexity index is 715. The van der Waals surface area contributed by atoms with Crippen LogP contribution >= 0.6 is 11.6 Å². The number of rotatable bonds is 4. The normalized spacial score (nSPS) is 16.7. The van der Waals surface area contributed by atoms with E-state index < -0.39 is 0 Å². The summed E-state index contributed by atoms with van der Waals surface area (Å²) in [6.07, 6.45) is 0.683. The third-order valence-electron chi connectivity index (χ3n) is 3.97. The molecule has 1 N–H and O–H groups in total. The van der Waals surface area contributed by atoms with Gasteiger partial charge in [0.05, 0.1) is 18.4 Å². The maximum Gasteiger partial charge on any atom is 0.257 e. The number of methoxy groups -OCH3 is 1. The topological polar surface area (TPSA) is 41.6 Å². The van der Waals surface area contributed by atoms with Crippen molar-refractivity contribution in [2.75, 3.05) is 19.0 Å². The Kier molecular flexibility index (Phi) is 4.44. The highest BCUT2D eigenvalue weighted by Gasteiger charge is 2.32. The van der Waals surface area contributed by atoms with E-state index in [1.165, 1.54) is 0 Å². The molecule has 1 atom stereocenters. The summed E-state index contributed by atoms with van der Waals surface area (Å²) in [6.45, 7) is 2.75. The number of carbonyl (C=O) groups excluding carboxylic acids is 1. The molecule has 3 rings (SSSR count). The Morgan fingerprint density at radius 2 is 1.96 bits per heavy atom. The Labute approximate surface area is 141 Å². The lowest BCUT2D eigenvalue weighted by Crippen LogP contribution is -2.43. The van der Waals surface area contributed by atoms with Crippen molar-refractivity contribution < 1.29 is 9.53 Å². The van der Waals surface area contributed by atoms with Gasteiger partial charge in [-0.25, -0.2) is 0 Å². The molecule has 0 saturated heterocycles. The molecule has 0 saturated carbocycles. The van der Waals surface area contributed by atoms with Crippen molar-refractivity contribution in [3.8, 4) is 5.75 Å². The molecular formula is C18H19ClN2O2. The monoisotopic (exact) mass is 330 g/mol. The molecule has 1 amide bonds. The van der Waals surface area contributed by atoms with Crippen LogP contribution in [-0.4, -0.2) is 24.5 Å². The molecule has 1 aliphatic rings. The highest BCUT2D eigenvalue weighted by Crippen LogP contribution is 2.35. The first-order chi connectivity index (χ1) is 11.1. The Morgan fingerprint density at radius 3 is 2.61 bits per heavy atom. The van der Waals surface area contributed by atoms with Crippen LogP contribution in [0.15, 0.2) is 42.5 Å². The molecule has 0 bridgehead atoms. The molecule has 0 spiro atoms. The first-order valence-electron chi connectivity index (χ1n) is 7.65. The Hall–Kier alpha value is -2.20. The van der Waals surface area contributed by atoms with E-state index in [1.807, 2.05) is 29.2 Å². The van der Waals surface area contributed by atoms with Gasteiger partial charge >= 0.3 is 0 Å². The zero-order valence-corrected chi connectivity index (χ0v) is 13.9. The van der Waals surface area contributed by atoms with E-state index in [9.17, 15) is 4.79 Å². The molecule has 0 fully saturated rings. The maximum absolute atomic E-state index is 12.8. The second-order valence-corrected chi connectivity index (χ2v) is 5.94. The number of nitrogens with one attached hydrogen (secondary N) is 1. The van der Waals surface area contributed by atoms with Crippen LogP contribution in [-0.2, 0) is 0 Å². The highest BCUT2D eigenvalue weighted by atomic mass is 35.5. The predicted octanol–water partition coefficient (Wildman–Crippen LogP) is 4.33. The standard InChI is InChI=1S/C18H19ClN2O2/c1-3-10-21-17(12-4-7-14(23-2)8-5-12)20-16-11-13(19)6-9-15(16)18(21)22/h4-9,11,17,20H,3,10H2,1-2H3. The minimum Gasteiger partial charge on any atom is -0.497 e. The quantitative estimate of drug-likeness (QED) is 0.907. The van der Waals surface area contributed by atoms with E-state index >= 15 is 0 Å². The van der Waals surface area contributed by atoms with Gasteiger partial charge in [0.25, 0.3) is 5.91 Å². The van der Waals surface area contributed by atoms with Crippen LogP contribution in [0.25, 0.3) is 0 Å². The van der Waals surface area contributed by atoms with E-state index in [1.54, 1.807) is 25.3 Å². The minimum atomic E-state index is -0.209. The summed E-state index contributed by atoms with van der Waals surface area (Å²) in [5.74, 6) is 0.819. The van der Waals surface area contributed by atoms with E-state index in [2.05, 4.69) is 12.2 Å². The molecule has 4 nitrogen and oxygen atoms in total. The van der Waals surface area contributed by atoms with Crippen molar-refractivity contribution in [1.29, 1.82) is 0 Å². The minimum absolute atomic E-state index is 0.0260. The van der Waals surface area contributed by atoms with Gasteiger partial charge in [-0.15, -0.1) is 0 Å². The fraction of sp³-hybridized carbons (Fsp3) is 0.278. The van der Waals surface area contributed by atoms with Crippen molar-refractivity contribution in [1.82, 2.24) is 4.90 Å². The van der Waals surface area contributed by atoms with Gasteiger partial charge in [0.15, 0.2) is 0 Å². The van der Waals surface area contributed by atoms with Crippen molar-refractivity contribution >= 4 is 23.2 Å². The van der Waals surface area contributed by atoms with Crippen LogP contribution in [0.1, 0.15) is 35.4 Å². The molecule has 5 heteroatoms. The summed E-state index contributed by atoms with van der Waals surface area (Å²) in [5, 5.41) is 4.05. The molecule has 120 valence electrons. The Morgan fingerprint density at radius 1 is 1.22 bits per heavy atom. The van der Waals surface area contributed by atoms with Crippen molar-refractivity contribution in [2.45, 2.75) is 19.5 Å². The van der Waals surface area contributed by atoms with Crippen molar-refractivity contribution in [3.63, 3.8) is 0 Å². The lowest BCUT2D eigenvalue weighted by Gasteiger charge is -2.38. The zero-order chi connectivity index (χ0) is 16.4. The van der Waals surface area contributed by atoms with E-state index in [0.29, 0.717) is 17.1 Å². The molecule has 23 heavy (non-hydrogen) atoms. The predicted molar refractivity (Wildman–Crippen MR) is 92.1 cm³/mol. The van der Waals surface area contributed by atoms with Gasteiger partial charge in [-0.3, -0.25) is 4.79 Å². The average molecular weight is 331 g/mol. The largest absolute Gasteiger partial charge is 0.497 e. The summed E-state index contributed by atoms with van der Waals surface area (Å²) < 4.78 is 5.21. The van der Waals surface area contributed by atoms with E-state index in [4.69, 9.17) is 16.3 Å². The number of nitrogens with zero attached hydrogens (tertiary/aromatic N) is 1. The van der Waals surface area contributed by atoms with Crippen molar-refractivity contribution in [3.05, 3.63) is 58.6 Å². The van der Waals surface area contributed by atoms with Crippen LogP contribution < -0.4 is 10.1 Å². The SMILES string of the molecule is CCCN1C(=O)c2ccc(Cl)cc2NC1c1ccc(OC)cc1. The number of carbonyl (C=O) groups is 1. The molecule has 0 radical (unpaired) electrons. The van der Waals surface area contributed by atoms with Gasteiger partial charge in [-0.05, 0) is 42.3 Å². The number of halogens is 1. The number of ether oxygens (including phenoxy) is 1. The van der Waals surface area contributed by atoms with Crippen LogP contribution in [0.3, 0.4) is 0 Å².